The number of hydrogen-bond acceptors (Lipinski definition) is 6. The fourth-order valence-corrected chi connectivity index (χ4v) is 3.48. The first-order valence-corrected chi connectivity index (χ1v) is 7.13. The molecule has 0 saturated carbocycles. The maximum absolute atomic E-state index is 7.17. The van der Waals surface area contributed by atoms with E-state index in [1.54, 1.807) is 11.8 Å². The van der Waals surface area contributed by atoms with Gasteiger partial charge in [-0.15, -0.1) is 0 Å². The number of rotatable bonds is 2. The average Bonchev–Trinajstić information content (AvgIpc) is 2.76. The molecule has 5 nitrogen and oxygen atoms in total. The van der Waals surface area contributed by atoms with Crippen molar-refractivity contribution in [2.75, 3.05) is 38.6 Å². The summed E-state index contributed by atoms with van der Waals surface area (Å²) < 4.78 is 5.31. The Labute approximate surface area is 104 Å². The molecule has 0 aromatic heterocycles. The zero-order chi connectivity index (χ0) is 11.4. The zero-order valence-electron chi connectivity index (χ0n) is 9.02. The van der Waals surface area contributed by atoms with Crippen molar-refractivity contribution in [1.29, 1.82) is 5.41 Å². The molecular weight excluding hydrogens is 244 g/mol. The summed E-state index contributed by atoms with van der Waals surface area (Å²) in [5.41, 5.74) is 5.32. The maximum Gasteiger partial charge on any atom is 0.159 e. The van der Waals surface area contributed by atoms with Crippen LogP contribution in [0.4, 0.5) is 0 Å². The molecule has 3 N–H and O–H groups in total. The van der Waals surface area contributed by atoms with Crippen molar-refractivity contribution >= 4 is 33.9 Å². The minimum Gasteiger partial charge on any atom is -0.379 e. The Morgan fingerprint density at radius 1 is 1.62 bits per heavy atom. The van der Waals surface area contributed by atoms with Gasteiger partial charge in [-0.1, -0.05) is 23.5 Å². The molecule has 90 valence electrons. The van der Waals surface area contributed by atoms with Gasteiger partial charge < -0.3 is 15.4 Å². The molecule has 0 amide bonds. The van der Waals surface area contributed by atoms with Gasteiger partial charge in [0.15, 0.2) is 10.3 Å². The molecule has 0 bridgehead atoms. The van der Waals surface area contributed by atoms with Crippen LogP contribution < -0.4 is 5.73 Å². The smallest absolute Gasteiger partial charge is 0.159 e. The molecule has 2 heterocycles. The predicted octanol–water partition coefficient (Wildman–Crippen LogP) is 0.417. The van der Waals surface area contributed by atoms with Gasteiger partial charge >= 0.3 is 0 Å². The predicted molar refractivity (Wildman–Crippen MR) is 70.4 cm³/mol. The Balaban J connectivity index is 1.75. The summed E-state index contributed by atoms with van der Waals surface area (Å²) in [5, 5.41) is 8.97. The second kappa shape index (κ2) is 5.79. The standard InChI is InChI=1S/C9H16N4OS2/c10-8(11)15-6-7-5-12-9(16-7)13-1-3-14-4-2-13/h7H,1-6H2,(H3,10,11)/t7-/m1/s1. The van der Waals surface area contributed by atoms with E-state index in [0.29, 0.717) is 5.25 Å². The van der Waals surface area contributed by atoms with Crippen molar-refractivity contribution in [2.45, 2.75) is 5.25 Å². The van der Waals surface area contributed by atoms with E-state index in [1.807, 2.05) is 0 Å². The number of ether oxygens (including phenoxy) is 1. The molecule has 1 fully saturated rings. The summed E-state index contributed by atoms with van der Waals surface area (Å²) in [6.45, 7) is 4.33. The van der Waals surface area contributed by atoms with E-state index in [2.05, 4.69) is 9.89 Å². The number of aliphatic imine (C=N–C) groups is 1. The highest BCUT2D eigenvalue weighted by Gasteiger charge is 2.25. The van der Waals surface area contributed by atoms with Crippen LogP contribution in [0.1, 0.15) is 0 Å². The van der Waals surface area contributed by atoms with Crippen molar-refractivity contribution in [1.82, 2.24) is 4.90 Å². The molecule has 1 atom stereocenters. The molecule has 2 rings (SSSR count). The molecular formula is C9H16N4OS2. The number of nitrogens with two attached hydrogens (primary N) is 1. The van der Waals surface area contributed by atoms with E-state index in [4.69, 9.17) is 15.9 Å². The molecule has 0 spiro atoms. The lowest BCUT2D eigenvalue weighted by Crippen LogP contribution is -2.39. The second-order valence-electron chi connectivity index (χ2n) is 3.64. The van der Waals surface area contributed by atoms with E-state index in [9.17, 15) is 0 Å². The van der Waals surface area contributed by atoms with Crippen LogP contribution >= 0.6 is 23.5 Å². The molecule has 2 aliphatic heterocycles. The minimum absolute atomic E-state index is 0.195. The lowest BCUT2D eigenvalue weighted by molar-refractivity contribution is 0.0693. The third kappa shape index (κ3) is 3.29. The van der Waals surface area contributed by atoms with Gasteiger partial charge in [0.2, 0.25) is 0 Å². The molecule has 7 heteroatoms. The quantitative estimate of drug-likeness (QED) is 0.556. The molecule has 0 aromatic carbocycles. The number of thioether (sulfide) groups is 2. The Bertz CT molecular complexity index is 291. The first kappa shape index (κ1) is 12.1. The van der Waals surface area contributed by atoms with E-state index >= 15 is 0 Å². The van der Waals surface area contributed by atoms with Gasteiger partial charge in [-0.2, -0.15) is 0 Å². The highest BCUT2D eigenvalue weighted by atomic mass is 32.2. The van der Waals surface area contributed by atoms with Gasteiger partial charge in [0.05, 0.1) is 19.8 Å². The van der Waals surface area contributed by atoms with Gasteiger partial charge in [0.1, 0.15) is 0 Å². The van der Waals surface area contributed by atoms with Gasteiger partial charge in [-0.05, 0) is 0 Å². The molecule has 1 saturated heterocycles. The minimum atomic E-state index is 0.195. The van der Waals surface area contributed by atoms with Gasteiger partial charge in [-0.25, -0.2) is 0 Å². The fraction of sp³-hybridized carbons (Fsp3) is 0.778. The van der Waals surface area contributed by atoms with Gasteiger partial charge in [-0.3, -0.25) is 10.4 Å². The second-order valence-corrected chi connectivity index (χ2v) is 5.97. The topological polar surface area (TPSA) is 74.7 Å². The van der Waals surface area contributed by atoms with Crippen molar-refractivity contribution < 1.29 is 4.74 Å². The SMILES string of the molecule is N=C(N)SC[C@H]1CN=C(N2CCOCC2)S1. The maximum atomic E-state index is 7.17. The van der Waals surface area contributed by atoms with E-state index in [0.717, 1.165) is 43.8 Å². The molecule has 16 heavy (non-hydrogen) atoms. The van der Waals surface area contributed by atoms with E-state index in [-0.39, 0.29) is 5.17 Å². The highest BCUT2D eigenvalue weighted by Crippen LogP contribution is 2.26. The summed E-state index contributed by atoms with van der Waals surface area (Å²) in [6.07, 6.45) is 0. The zero-order valence-corrected chi connectivity index (χ0v) is 10.6. The van der Waals surface area contributed by atoms with Crippen molar-refractivity contribution in [3.05, 3.63) is 0 Å². The Kier molecular flexibility index (Phi) is 4.37. The molecule has 0 aromatic rings. The number of hydrogen-bond donors (Lipinski definition) is 2. The first-order valence-electron chi connectivity index (χ1n) is 5.26. The Hall–Kier alpha value is -0.400. The Morgan fingerprint density at radius 2 is 2.38 bits per heavy atom. The third-order valence-electron chi connectivity index (χ3n) is 2.41. The number of nitrogens with one attached hydrogen (secondary N) is 1. The number of morpholine rings is 1. The van der Waals surface area contributed by atoms with Crippen LogP contribution in [0.3, 0.4) is 0 Å². The van der Waals surface area contributed by atoms with Crippen LogP contribution in [0.25, 0.3) is 0 Å². The Morgan fingerprint density at radius 3 is 3.06 bits per heavy atom. The van der Waals surface area contributed by atoms with Crippen LogP contribution in [0.2, 0.25) is 0 Å². The van der Waals surface area contributed by atoms with Crippen LogP contribution in [0.5, 0.6) is 0 Å². The summed E-state index contributed by atoms with van der Waals surface area (Å²) in [7, 11) is 0. The molecule has 0 aliphatic carbocycles. The first-order chi connectivity index (χ1) is 7.75. The summed E-state index contributed by atoms with van der Waals surface area (Å²) >= 11 is 3.21. The average molecular weight is 260 g/mol. The fourth-order valence-electron chi connectivity index (χ4n) is 1.60. The lowest BCUT2D eigenvalue weighted by Gasteiger charge is -2.28. The summed E-state index contributed by atoms with van der Waals surface area (Å²) in [5.74, 6) is 0.872. The third-order valence-corrected chi connectivity index (χ3v) is 4.75. The largest absolute Gasteiger partial charge is 0.379 e. The van der Waals surface area contributed by atoms with Gasteiger partial charge in [0, 0.05) is 24.1 Å². The van der Waals surface area contributed by atoms with E-state index < -0.39 is 0 Å². The van der Waals surface area contributed by atoms with Crippen LogP contribution in [0.15, 0.2) is 4.99 Å². The molecule has 0 radical (unpaired) electrons. The van der Waals surface area contributed by atoms with Crippen LogP contribution in [0, 0.1) is 5.41 Å². The number of nitrogens with zero attached hydrogens (tertiary/aromatic N) is 2. The normalized spacial score (nSPS) is 25.6. The van der Waals surface area contributed by atoms with E-state index in [1.165, 1.54) is 11.8 Å². The summed E-state index contributed by atoms with van der Waals surface area (Å²) in [4.78, 5) is 6.83. The number of amidine groups is 2. The van der Waals surface area contributed by atoms with Crippen molar-refractivity contribution in [3.8, 4) is 0 Å². The molecule has 0 unspecified atom stereocenters. The summed E-state index contributed by atoms with van der Waals surface area (Å²) in [6, 6.07) is 0. The van der Waals surface area contributed by atoms with Crippen LogP contribution in [-0.4, -0.2) is 59.1 Å². The monoisotopic (exact) mass is 260 g/mol. The highest BCUT2D eigenvalue weighted by molar-refractivity contribution is 8.17. The van der Waals surface area contributed by atoms with Crippen LogP contribution in [-0.2, 0) is 4.74 Å². The molecule has 2 aliphatic rings. The van der Waals surface area contributed by atoms with Gasteiger partial charge in [0.25, 0.3) is 0 Å². The lowest BCUT2D eigenvalue weighted by atomic mass is 10.4. The van der Waals surface area contributed by atoms with Crippen molar-refractivity contribution in [3.63, 3.8) is 0 Å². The van der Waals surface area contributed by atoms with Crippen molar-refractivity contribution in [2.24, 2.45) is 10.7 Å².